The molecule has 1 heterocycles. The molecule has 0 unspecified atom stereocenters. The Bertz CT molecular complexity index is 916. The fourth-order valence-electron chi connectivity index (χ4n) is 3.04. The number of hydrogen-bond donors (Lipinski definition) is 0. The molecule has 2 aromatic rings. The van der Waals surface area contributed by atoms with Crippen LogP contribution in [0.4, 0.5) is 15.8 Å². The Morgan fingerprint density at radius 2 is 2.04 bits per heavy atom. The van der Waals surface area contributed by atoms with E-state index in [1.807, 2.05) is 0 Å². The van der Waals surface area contributed by atoms with Crippen molar-refractivity contribution in [1.29, 1.82) is 0 Å². The number of amides is 2. The first kappa shape index (κ1) is 18.5. The van der Waals surface area contributed by atoms with Gasteiger partial charge in [0.15, 0.2) is 0 Å². The third kappa shape index (κ3) is 3.79. The fraction of sp³-hybridized carbons (Fsp3) is 0.263. The normalized spacial score (nSPS) is 13.7. The van der Waals surface area contributed by atoms with Gasteiger partial charge in [0.1, 0.15) is 12.5 Å². The van der Waals surface area contributed by atoms with Crippen molar-refractivity contribution < 1.29 is 18.9 Å². The van der Waals surface area contributed by atoms with Crippen LogP contribution < -0.4 is 4.90 Å². The van der Waals surface area contributed by atoms with Gasteiger partial charge < -0.3 is 4.90 Å². The molecule has 0 N–H and O–H groups in total. The number of para-hydroxylation sites is 1. The van der Waals surface area contributed by atoms with Crippen molar-refractivity contribution in [2.45, 2.75) is 19.8 Å². The molecule has 140 valence electrons. The topological polar surface area (TPSA) is 83.8 Å². The van der Waals surface area contributed by atoms with Gasteiger partial charge in [-0.05, 0) is 31.5 Å². The average Bonchev–Trinajstić information content (AvgIpc) is 3.05. The highest BCUT2D eigenvalue weighted by molar-refractivity contribution is 6.06. The average molecular weight is 371 g/mol. The van der Waals surface area contributed by atoms with Crippen molar-refractivity contribution in [3.63, 3.8) is 0 Å². The van der Waals surface area contributed by atoms with Gasteiger partial charge in [-0.15, -0.1) is 0 Å². The van der Waals surface area contributed by atoms with Crippen LogP contribution in [0, 0.1) is 22.9 Å². The zero-order valence-corrected chi connectivity index (χ0v) is 14.7. The molecular weight excluding hydrogens is 353 g/mol. The van der Waals surface area contributed by atoms with E-state index < -0.39 is 16.6 Å². The Kier molecular flexibility index (Phi) is 5.16. The number of hydrogen-bond acceptors (Lipinski definition) is 4. The summed E-state index contributed by atoms with van der Waals surface area (Å²) < 4.78 is 14.4. The number of nitro groups is 1. The number of carbonyl (C=O) groups is 2. The van der Waals surface area contributed by atoms with Gasteiger partial charge in [-0.3, -0.25) is 24.6 Å². The van der Waals surface area contributed by atoms with E-state index >= 15 is 0 Å². The summed E-state index contributed by atoms with van der Waals surface area (Å²) in [5.41, 5.74) is 0.308. The van der Waals surface area contributed by atoms with Crippen molar-refractivity contribution in [1.82, 2.24) is 4.90 Å². The SMILES string of the molecule is Cc1ccc(C(=O)N(CN2CCCC2=O)c2ccccc2F)cc1[N+](=O)[O-]. The highest BCUT2D eigenvalue weighted by atomic mass is 19.1. The number of benzene rings is 2. The largest absolute Gasteiger partial charge is 0.324 e. The molecule has 1 aliphatic heterocycles. The number of carbonyl (C=O) groups excluding carboxylic acids is 2. The van der Waals surface area contributed by atoms with Gasteiger partial charge in [-0.1, -0.05) is 18.2 Å². The van der Waals surface area contributed by atoms with E-state index in [1.54, 1.807) is 13.0 Å². The van der Waals surface area contributed by atoms with Gasteiger partial charge in [0.05, 0.1) is 10.6 Å². The number of nitro benzene ring substituents is 1. The molecule has 7 nitrogen and oxygen atoms in total. The lowest BCUT2D eigenvalue weighted by Crippen LogP contribution is -2.42. The van der Waals surface area contributed by atoms with Crippen molar-refractivity contribution in [3.8, 4) is 0 Å². The maximum atomic E-state index is 14.4. The summed E-state index contributed by atoms with van der Waals surface area (Å²) in [5, 5.41) is 11.2. The van der Waals surface area contributed by atoms with E-state index in [2.05, 4.69) is 0 Å². The molecule has 1 aliphatic rings. The van der Waals surface area contributed by atoms with Gasteiger partial charge in [-0.2, -0.15) is 0 Å². The molecule has 0 aliphatic carbocycles. The Morgan fingerprint density at radius 3 is 2.67 bits per heavy atom. The minimum atomic E-state index is -0.612. The monoisotopic (exact) mass is 371 g/mol. The second-order valence-corrected chi connectivity index (χ2v) is 6.35. The van der Waals surface area contributed by atoms with Crippen LogP contribution in [0.1, 0.15) is 28.8 Å². The number of halogens is 1. The van der Waals surface area contributed by atoms with E-state index in [-0.39, 0.29) is 29.5 Å². The molecule has 8 heteroatoms. The Morgan fingerprint density at radius 1 is 1.30 bits per heavy atom. The van der Waals surface area contributed by atoms with Crippen LogP contribution in [0.2, 0.25) is 0 Å². The van der Waals surface area contributed by atoms with E-state index in [9.17, 15) is 24.1 Å². The molecule has 2 amide bonds. The second kappa shape index (κ2) is 7.53. The Labute approximate surface area is 155 Å². The van der Waals surface area contributed by atoms with Gasteiger partial charge in [0, 0.05) is 30.2 Å². The smallest absolute Gasteiger partial charge is 0.273 e. The minimum Gasteiger partial charge on any atom is -0.324 e. The number of aryl methyl sites for hydroxylation is 1. The quantitative estimate of drug-likeness (QED) is 0.596. The highest BCUT2D eigenvalue weighted by Gasteiger charge is 2.28. The standard InChI is InChI=1S/C19H18FN3O4/c1-13-8-9-14(11-17(13)23(26)27)19(25)22(12-21-10-4-7-18(21)24)16-6-3-2-5-15(16)20/h2-3,5-6,8-9,11H,4,7,10,12H2,1H3. The fourth-order valence-corrected chi connectivity index (χ4v) is 3.04. The molecule has 0 bridgehead atoms. The van der Waals surface area contributed by atoms with Gasteiger partial charge >= 0.3 is 0 Å². The summed E-state index contributed by atoms with van der Waals surface area (Å²) in [5.74, 6) is -1.33. The first-order valence-corrected chi connectivity index (χ1v) is 8.47. The molecule has 1 saturated heterocycles. The zero-order valence-electron chi connectivity index (χ0n) is 14.7. The van der Waals surface area contributed by atoms with Crippen LogP contribution in [-0.2, 0) is 4.79 Å². The van der Waals surface area contributed by atoms with E-state index in [0.717, 1.165) is 4.90 Å². The molecule has 3 rings (SSSR count). The maximum absolute atomic E-state index is 14.4. The summed E-state index contributed by atoms with van der Waals surface area (Å²) in [4.78, 5) is 38.3. The molecule has 1 fully saturated rings. The van der Waals surface area contributed by atoms with Crippen LogP contribution in [0.3, 0.4) is 0 Å². The summed E-state index contributed by atoms with van der Waals surface area (Å²) in [6.07, 6.45) is 1.06. The molecule has 0 aromatic heterocycles. The number of anilines is 1. The predicted molar refractivity (Wildman–Crippen MR) is 96.9 cm³/mol. The summed E-state index contributed by atoms with van der Waals surface area (Å²) in [7, 11) is 0. The first-order valence-electron chi connectivity index (χ1n) is 8.47. The summed E-state index contributed by atoms with van der Waals surface area (Å²) in [6, 6.07) is 9.87. The lowest BCUT2D eigenvalue weighted by Gasteiger charge is -2.28. The van der Waals surface area contributed by atoms with Gasteiger partial charge in [-0.25, -0.2) is 4.39 Å². The van der Waals surface area contributed by atoms with Crippen LogP contribution in [0.25, 0.3) is 0 Å². The van der Waals surface area contributed by atoms with Crippen molar-refractivity contribution in [2.24, 2.45) is 0 Å². The highest BCUT2D eigenvalue weighted by Crippen LogP contribution is 2.25. The molecule has 0 radical (unpaired) electrons. The van der Waals surface area contributed by atoms with E-state index in [0.29, 0.717) is 24.9 Å². The maximum Gasteiger partial charge on any atom is 0.273 e. The van der Waals surface area contributed by atoms with Gasteiger partial charge in [0.2, 0.25) is 5.91 Å². The third-order valence-electron chi connectivity index (χ3n) is 4.52. The van der Waals surface area contributed by atoms with Crippen LogP contribution in [0.5, 0.6) is 0 Å². The molecule has 0 saturated carbocycles. The Balaban J connectivity index is 2.00. The number of nitrogens with zero attached hydrogens (tertiary/aromatic N) is 3. The zero-order chi connectivity index (χ0) is 19.6. The molecule has 0 atom stereocenters. The second-order valence-electron chi connectivity index (χ2n) is 6.35. The Hall–Kier alpha value is -3.29. The number of rotatable bonds is 5. The third-order valence-corrected chi connectivity index (χ3v) is 4.52. The lowest BCUT2D eigenvalue weighted by atomic mass is 10.1. The van der Waals surface area contributed by atoms with Crippen molar-refractivity contribution in [2.75, 3.05) is 18.1 Å². The van der Waals surface area contributed by atoms with E-state index in [4.69, 9.17) is 0 Å². The van der Waals surface area contributed by atoms with E-state index in [1.165, 1.54) is 41.3 Å². The molecule has 27 heavy (non-hydrogen) atoms. The van der Waals surface area contributed by atoms with Crippen LogP contribution >= 0.6 is 0 Å². The van der Waals surface area contributed by atoms with Gasteiger partial charge in [0.25, 0.3) is 11.6 Å². The molecule has 0 spiro atoms. The number of likely N-dealkylation sites (tertiary alicyclic amines) is 1. The predicted octanol–water partition coefficient (Wildman–Crippen LogP) is 3.27. The van der Waals surface area contributed by atoms with Crippen molar-refractivity contribution in [3.05, 3.63) is 69.5 Å². The van der Waals surface area contributed by atoms with Crippen LogP contribution in [-0.4, -0.2) is 34.9 Å². The molecule has 2 aromatic carbocycles. The minimum absolute atomic E-state index is 0.0189. The lowest BCUT2D eigenvalue weighted by molar-refractivity contribution is -0.385. The summed E-state index contributed by atoms with van der Waals surface area (Å²) in [6.45, 7) is 1.94. The van der Waals surface area contributed by atoms with Crippen LogP contribution in [0.15, 0.2) is 42.5 Å². The first-order chi connectivity index (χ1) is 12.9. The summed E-state index contributed by atoms with van der Waals surface area (Å²) >= 11 is 0. The van der Waals surface area contributed by atoms with Crippen molar-refractivity contribution >= 4 is 23.2 Å². The molecular formula is C19H18FN3O4.